The Morgan fingerprint density at radius 1 is 1.13 bits per heavy atom. The van der Waals surface area contributed by atoms with Gasteiger partial charge < -0.3 is 15.7 Å². The molecule has 1 saturated heterocycles. The normalized spacial score (nSPS) is 24.6. The molecule has 0 saturated carbocycles. The van der Waals surface area contributed by atoms with Crippen LogP contribution in [0.5, 0.6) is 0 Å². The fourth-order valence-electron chi connectivity index (χ4n) is 4.17. The van der Waals surface area contributed by atoms with E-state index >= 15 is 0 Å². The number of benzene rings is 2. The smallest absolute Gasteiger partial charge is 0.320 e. The number of aliphatic carboxylic acids is 1. The van der Waals surface area contributed by atoms with Gasteiger partial charge in [-0.2, -0.15) is 0 Å². The molecule has 0 amide bonds. The highest BCUT2D eigenvalue weighted by atomic mass is 35.5. The fourth-order valence-corrected chi connectivity index (χ4v) is 6.61. The van der Waals surface area contributed by atoms with Crippen LogP contribution in [0.3, 0.4) is 0 Å². The summed E-state index contributed by atoms with van der Waals surface area (Å²) < 4.78 is 13.0. The number of nitrogens with two attached hydrogens (primary N) is 1. The van der Waals surface area contributed by atoms with Crippen LogP contribution in [0, 0.1) is 0 Å². The minimum absolute atomic E-state index is 0.0316. The lowest BCUT2D eigenvalue weighted by molar-refractivity contribution is -0.141. The summed E-state index contributed by atoms with van der Waals surface area (Å²) in [7, 11) is -3.85. The molecule has 0 radical (unpaired) electrons. The molecule has 6 nitrogen and oxygen atoms in total. The largest absolute Gasteiger partial charge is 0.480 e. The molecule has 1 aliphatic rings. The number of halogens is 1. The average molecular weight is 451 g/mol. The first-order valence-electron chi connectivity index (χ1n) is 10.1. The predicted octanol–water partition coefficient (Wildman–Crippen LogP) is 4.05. The van der Waals surface area contributed by atoms with Crippen molar-refractivity contribution in [1.82, 2.24) is 4.90 Å². The summed E-state index contributed by atoms with van der Waals surface area (Å²) in [6.07, 6.45) is 1.26. The maximum atomic E-state index is 13.0. The van der Waals surface area contributed by atoms with Crippen molar-refractivity contribution in [2.75, 3.05) is 25.8 Å². The number of rotatable bonds is 8. The van der Waals surface area contributed by atoms with Crippen LogP contribution in [0.1, 0.15) is 24.8 Å². The summed E-state index contributed by atoms with van der Waals surface area (Å²) in [5, 5.41) is 8.96. The van der Waals surface area contributed by atoms with Gasteiger partial charge in [0.25, 0.3) is 0 Å². The highest BCUT2D eigenvalue weighted by Gasteiger charge is 2.56. The van der Waals surface area contributed by atoms with E-state index in [0.717, 1.165) is 16.7 Å². The Kier molecular flexibility index (Phi) is 7.38. The summed E-state index contributed by atoms with van der Waals surface area (Å²) >= 11 is 6.40. The Morgan fingerprint density at radius 3 is 2.47 bits per heavy atom. The Bertz CT molecular complexity index is 954. The molecule has 0 aliphatic carbocycles. The number of unbranched alkanes of at least 4 members (excludes halogenated alkanes) is 1. The molecule has 2 unspecified atom stereocenters. The molecular weight excluding hydrogens is 423 g/mol. The van der Waals surface area contributed by atoms with E-state index < -0.39 is 18.5 Å². The first-order chi connectivity index (χ1) is 14.3. The molecule has 2 aromatic carbocycles. The zero-order chi connectivity index (χ0) is 21.8. The maximum Gasteiger partial charge on any atom is 0.320 e. The van der Waals surface area contributed by atoms with Gasteiger partial charge in [0.1, 0.15) is 0 Å². The van der Waals surface area contributed by atoms with Gasteiger partial charge in [0.2, 0.25) is 7.37 Å². The van der Waals surface area contributed by atoms with E-state index in [-0.39, 0.29) is 19.1 Å². The van der Waals surface area contributed by atoms with Crippen LogP contribution in [0.15, 0.2) is 48.5 Å². The zero-order valence-corrected chi connectivity index (χ0v) is 18.5. The summed E-state index contributed by atoms with van der Waals surface area (Å²) in [6.45, 7) is 1.32. The van der Waals surface area contributed by atoms with Crippen molar-refractivity contribution < 1.29 is 19.4 Å². The standard InChI is InChI=1S/C22H28ClN2O4P/c23-20-10-4-3-9-19(20)18-8-2-1-7-17(18)15-25-13-14-30(28,29)22(16-25,21(26)27)11-5-6-12-24/h1-4,7-10H,5-6,11-16,24H2,(H,26,27)(H,28,29). The Hall–Kier alpha value is -1.69. The Balaban J connectivity index is 1.89. The molecule has 8 heteroatoms. The lowest BCUT2D eigenvalue weighted by atomic mass is 9.97. The van der Waals surface area contributed by atoms with Crippen molar-refractivity contribution >= 4 is 24.9 Å². The van der Waals surface area contributed by atoms with Crippen LogP contribution >= 0.6 is 19.0 Å². The van der Waals surface area contributed by atoms with Gasteiger partial charge in [-0.1, -0.05) is 60.5 Å². The number of carboxylic acid groups (broad SMARTS) is 1. The third-order valence-electron chi connectivity index (χ3n) is 5.89. The lowest BCUT2D eigenvalue weighted by Crippen LogP contribution is -2.53. The molecule has 30 heavy (non-hydrogen) atoms. The monoisotopic (exact) mass is 450 g/mol. The van der Waals surface area contributed by atoms with E-state index in [2.05, 4.69) is 0 Å². The molecule has 2 atom stereocenters. The third kappa shape index (κ3) is 4.63. The van der Waals surface area contributed by atoms with E-state index in [1.54, 1.807) is 0 Å². The van der Waals surface area contributed by atoms with Gasteiger partial charge in [0, 0.05) is 36.4 Å². The van der Waals surface area contributed by atoms with Crippen molar-refractivity contribution in [3.63, 3.8) is 0 Å². The molecule has 0 spiro atoms. The molecule has 0 bridgehead atoms. The van der Waals surface area contributed by atoms with E-state index in [4.69, 9.17) is 17.3 Å². The summed E-state index contributed by atoms with van der Waals surface area (Å²) in [5.74, 6) is -1.20. The molecule has 4 N–H and O–H groups in total. The second-order valence-electron chi connectivity index (χ2n) is 7.86. The number of hydrogen-bond acceptors (Lipinski definition) is 4. The Morgan fingerprint density at radius 2 is 1.80 bits per heavy atom. The number of carboxylic acids is 1. The van der Waals surface area contributed by atoms with E-state index in [9.17, 15) is 19.4 Å². The van der Waals surface area contributed by atoms with Crippen LogP contribution < -0.4 is 5.73 Å². The Labute approximate surface area is 182 Å². The molecule has 1 aliphatic heterocycles. The minimum Gasteiger partial charge on any atom is -0.480 e. The molecular formula is C22H28ClN2O4P. The van der Waals surface area contributed by atoms with Crippen molar-refractivity contribution in [1.29, 1.82) is 0 Å². The molecule has 1 heterocycles. The van der Waals surface area contributed by atoms with Gasteiger partial charge >= 0.3 is 5.97 Å². The molecule has 3 rings (SSSR count). The van der Waals surface area contributed by atoms with Crippen LogP contribution in [0.2, 0.25) is 5.02 Å². The van der Waals surface area contributed by atoms with Crippen LogP contribution in [0.25, 0.3) is 11.1 Å². The van der Waals surface area contributed by atoms with Crippen molar-refractivity contribution in [2.24, 2.45) is 5.73 Å². The lowest BCUT2D eigenvalue weighted by Gasteiger charge is -2.43. The predicted molar refractivity (Wildman–Crippen MR) is 120 cm³/mol. The summed E-state index contributed by atoms with van der Waals surface area (Å²) in [4.78, 5) is 24.8. The van der Waals surface area contributed by atoms with E-state index in [0.29, 0.717) is 37.5 Å². The summed E-state index contributed by atoms with van der Waals surface area (Å²) in [5.41, 5.74) is 8.43. The molecule has 1 fully saturated rings. The van der Waals surface area contributed by atoms with Gasteiger partial charge in [-0.15, -0.1) is 0 Å². The van der Waals surface area contributed by atoms with Crippen LogP contribution in [-0.2, 0) is 15.9 Å². The van der Waals surface area contributed by atoms with Gasteiger partial charge in [0.05, 0.1) is 0 Å². The van der Waals surface area contributed by atoms with Gasteiger partial charge in [-0.25, -0.2) is 0 Å². The third-order valence-corrected chi connectivity index (χ3v) is 8.92. The number of nitrogens with zero attached hydrogens (tertiary/aromatic N) is 1. The minimum atomic E-state index is -3.85. The van der Waals surface area contributed by atoms with Crippen molar-refractivity contribution in [2.45, 2.75) is 31.0 Å². The van der Waals surface area contributed by atoms with Crippen LogP contribution in [0.4, 0.5) is 0 Å². The van der Waals surface area contributed by atoms with Gasteiger partial charge in [-0.3, -0.25) is 14.3 Å². The van der Waals surface area contributed by atoms with Gasteiger partial charge in [0.15, 0.2) is 5.16 Å². The first-order valence-corrected chi connectivity index (χ1v) is 12.3. The van der Waals surface area contributed by atoms with Crippen molar-refractivity contribution in [3.05, 3.63) is 59.1 Å². The second kappa shape index (κ2) is 9.63. The first kappa shape index (κ1) is 23.0. The fraction of sp³-hybridized carbons (Fsp3) is 0.409. The summed E-state index contributed by atoms with van der Waals surface area (Å²) in [6, 6.07) is 15.4. The quantitative estimate of drug-likeness (QED) is 0.414. The topological polar surface area (TPSA) is 104 Å². The van der Waals surface area contributed by atoms with Crippen LogP contribution in [-0.4, -0.2) is 51.8 Å². The highest BCUT2D eigenvalue weighted by molar-refractivity contribution is 7.61. The average Bonchev–Trinajstić information content (AvgIpc) is 2.71. The van der Waals surface area contributed by atoms with E-state index in [1.807, 2.05) is 53.4 Å². The second-order valence-corrected chi connectivity index (χ2v) is 11.0. The number of carbonyl (C=O) groups is 1. The SMILES string of the molecule is NCCCCC1(C(=O)O)CN(Cc2ccccc2-c2ccccc2Cl)CCP1(=O)O. The molecule has 0 aromatic heterocycles. The van der Waals surface area contributed by atoms with Crippen molar-refractivity contribution in [3.8, 4) is 11.1 Å². The zero-order valence-electron chi connectivity index (χ0n) is 16.8. The maximum absolute atomic E-state index is 13.0. The van der Waals surface area contributed by atoms with Gasteiger partial charge in [-0.05, 0) is 36.6 Å². The highest BCUT2D eigenvalue weighted by Crippen LogP contribution is 2.59. The van der Waals surface area contributed by atoms with E-state index in [1.165, 1.54) is 0 Å². The number of hydrogen-bond donors (Lipinski definition) is 3. The molecule has 2 aromatic rings. The molecule has 162 valence electrons.